The summed E-state index contributed by atoms with van der Waals surface area (Å²) in [7, 11) is 0. The molecule has 2 amide bonds. The Morgan fingerprint density at radius 2 is 2.00 bits per heavy atom. The van der Waals surface area contributed by atoms with Crippen molar-refractivity contribution >= 4 is 17.8 Å². The molecule has 2 aliphatic rings. The summed E-state index contributed by atoms with van der Waals surface area (Å²) in [6, 6.07) is 15.5. The lowest BCUT2D eigenvalue weighted by Gasteiger charge is -2.26. The van der Waals surface area contributed by atoms with Crippen LogP contribution in [0.4, 0.5) is 0 Å². The molecule has 2 aliphatic heterocycles. The molecule has 1 saturated heterocycles. The molecule has 8 nitrogen and oxygen atoms in total. The van der Waals surface area contributed by atoms with Crippen LogP contribution in [0.1, 0.15) is 28.4 Å². The van der Waals surface area contributed by atoms with Gasteiger partial charge < -0.3 is 25.6 Å². The predicted molar refractivity (Wildman–Crippen MR) is 123 cm³/mol. The highest BCUT2D eigenvalue weighted by molar-refractivity contribution is 5.97. The number of piperazine rings is 1. The van der Waals surface area contributed by atoms with E-state index in [2.05, 4.69) is 27.0 Å². The quantitative estimate of drug-likeness (QED) is 0.470. The zero-order chi connectivity index (χ0) is 22.3. The minimum atomic E-state index is -0.123. The van der Waals surface area contributed by atoms with Crippen molar-refractivity contribution in [2.45, 2.75) is 26.0 Å². The Bertz CT molecular complexity index is 964. The molecule has 0 bridgehead atoms. The molecule has 4 rings (SSSR count). The summed E-state index contributed by atoms with van der Waals surface area (Å²) in [5, 5.41) is 9.35. The Hall–Kier alpha value is -3.55. The van der Waals surface area contributed by atoms with Gasteiger partial charge in [-0.1, -0.05) is 30.3 Å². The van der Waals surface area contributed by atoms with Crippen LogP contribution in [0.3, 0.4) is 0 Å². The predicted octanol–water partition coefficient (Wildman–Crippen LogP) is 1.32. The molecule has 1 unspecified atom stereocenters. The fraction of sp³-hybridized carbons (Fsp3) is 0.375. The molecule has 8 heteroatoms. The maximum Gasteiger partial charge on any atom is 0.254 e. The fourth-order valence-electron chi connectivity index (χ4n) is 3.84. The van der Waals surface area contributed by atoms with E-state index in [9.17, 15) is 9.59 Å². The van der Waals surface area contributed by atoms with E-state index in [0.29, 0.717) is 31.7 Å². The highest BCUT2D eigenvalue weighted by Gasteiger charge is 2.23. The first-order chi connectivity index (χ1) is 15.6. The van der Waals surface area contributed by atoms with E-state index in [-0.39, 0.29) is 24.5 Å². The van der Waals surface area contributed by atoms with Gasteiger partial charge in [-0.2, -0.15) is 0 Å². The highest BCUT2D eigenvalue weighted by Crippen LogP contribution is 2.27. The highest BCUT2D eigenvalue weighted by atomic mass is 16.5. The van der Waals surface area contributed by atoms with Gasteiger partial charge in [0.2, 0.25) is 5.91 Å². The second kappa shape index (κ2) is 10.2. The van der Waals surface area contributed by atoms with Gasteiger partial charge in [-0.05, 0) is 36.2 Å². The second-order valence-corrected chi connectivity index (χ2v) is 7.90. The third-order valence-electron chi connectivity index (χ3n) is 5.50. The lowest BCUT2D eigenvalue weighted by molar-refractivity contribution is -0.123. The maximum absolute atomic E-state index is 12.6. The minimum Gasteiger partial charge on any atom is -0.488 e. The topological polar surface area (TPSA) is 95.1 Å². The average molecular weight is 436 g/mol. The summed E-state index contributed by atoms with van der Waals surface area (Å²) >= 11 is 0. The lowest BCUT2D eigenvalue weighted by atomic mass is 10.1. The van der Waals surface area contributed by atoms with Crippen LogP contribution in [0.2, 0.25) is 0 Å². The number of guanidine groups is 1. The van der Waals surface area contributed by atoms with Gasteiger partial charge in [0, 0.05) is 31.6 Å². The summed E-state index contributed by atoms with van der Waals surface area (Å²) in [5.74, 6) is 1.45. The number of nitrogens with one attached hydrogen (secondary N) is 3. The van der Waals surface area contributed by atoms with Crippen LogP contribution in [-0.4, -0.2) is 61.5 Å². The van der Waals surface area contributed by atoms with Crippen LogP contribution in [0, 0.1) is 0 Å². The van der Waals surface area contributed by atoms with E-state index in [0.717, 1.165) is 30.2 Å². The zero-order valence-corrected chi connectivity index (χ0v) is 18.3. The number of carbonyl (C=O) groups is 2. The molecule has 168 valence electrons. The van der Waals surface area contributed by atoms with Gasteiger partial charge in [-0.3, -0.25) is 9.59 Å². The third kappa shape index (κ3) is 5.38. The molecule has 1 fully saturated rings. The normalized spacial score (nSPS) is 17.9. The Morgan fingerprint density at radius 1 is 1.19 bits per heavy atom. The molecule has 0 aliphatic carbocycles. The first-order valence-electron chi connectivity index (χ1n) is 11.0. The molecule has 0 radical (unpaired) electrons. The number of amides is 2. The number of fused-ring (bicyclic) bond motifs is 1. The molecule has 0 saturated carbocycles. The summed E-state index contributed by atoms with van der Waals surface area (Å²) in [5.41, 5.74) is 2.82. The van der Waals surface area contributed by atoms with E-state index in [1.165, 1.54) is 5.56 Å². The minimum absolute atomic E-state index is 0.0819. The van der Waals surface area contributed by atoms with Crippen molar-refractivity contribution in [2.75, 3.05) is 32.7 Å². The molecule has 0 aromatic heterocycles. The summed E-state index contributed by atoms with van der Waals surface area (Å²) in [4.78, 5) is 30.3. The van der Waals surface area contributed by atoms with Gasteiger partial charge in [0.25, 0.3) is 5.91 Å². The second-order valence-electron chi connectivity index (χ2n) is 7.90. The van der Waals surface area contributed by atoms with Crippen molar-refractivity contribution < 1.29 is 14.3 Å². The fourth-order valence-corrected chi connectivity index (χ4v) is 3.84. The monoisotopic (exact) mass is 435 g/mol. The smallest absolute Gasteiger partial charge is 0.254 e. The van der Waals surface area contributed by atoms with E-state index >= 15 is 0 Å². The zero-order valence-electron chi connectivity index (χ0n) is 18.3. The number of carbonyl (C=O) groups excluding carboxylic acids is 2. The summed E-state index contributed by atoms with van der Waals surface area (Å²) < 4.78 is 5.98. The van der Waals surface area contributed by atoms with Crippen molar-refractivity contribution in [3.05, 3.63) is 65.2 Å². The number of para-hydroxylation sites is 1. The van der Waals surface area contributed by atoms with Crippen LogP contribution < -0.4 is 20.7 Å². The first kappa shape index (κ1) is 21.7. The van der Waals surface area contributed by atoms with Crippen LogP contribution >= 0.6 is 0 Å². The molecular weight excluding hydrogens is 406 g/mol. The molecule has 2 heterocycles. The van der Waals surface area contributed by atoms with Gasteiger partial charge in [-0.25, -0.2) is 4.99 Å². The summed E-state index contributed by atoms with van der Waals surface area (Å²) in [6.07, 6.45) is 0.968. The first-order valence-corrected chi connectivity index (χ1v) is 11.0. The van der Waals surface area contributed by atoms with Crippen LogP contribution in [0.15, 0.2) is 53.5 Å². The van der Waals surface area contributed by atoms with Crippen LogP contribution in [0.5, 0.6) is 5.75 Å². The van der Waals surface area contributed by atoms with E-state index in [1.54, 1.807) is 17.0 Å². The Labute approximate surface area is 188 Å². The van der Waals surface area contributed by atoms with E-state index in [4.69, 9.17) is 4.74 Å². The Kier molecular flexibility index (Phi) is 6.89. The van der Waals surface area contributed by atoms with Gasteiger partial charge >= 0.3 is 0 Å². The van der Waals surface area contributed by atoms with Crippen molar-refractivity contribution in [3.8, 4) is 5.75 Å². The summed E-state index contributed by atoms with van der Waals surface area (Å²) in [6.45, 7) is 5.08. The number of benzene rings is 2. The van der Waals surface area contributed by atoms with Crippen molar-refractivity contribution in [1.29, 1.82) is 0 Å². The van der Waals surface area contributed by atoms with Crippen molar-refractivity contribution in [1.82, 2.24) is 20.9 Å². The van der Waals surface area contributed by atoms with Gasteiger partial charge in [0.15, 0.2) is 5.96 Å². The number of rotatable bonds is 6. The number of hydrogen-bond donors (Lipinski definition) is 3. The standard InChI is InChI=1S/C24H29N5O3/c1-2-25-24(28-15-20-13-19-5-3-4-6-21(19)32-20)27-14-17-7-9-18(10-8-17)23(31)29-12-11-26-22(30)16-29/h3-10,20H,2,11-16H2,1H3,(H,26,30)(H2,25,27,28). The van der Waals surface area contributed by atoms with E-state index < -0.39 is 0 Å². The number of ether oxygens (including phenoxy) is 1. The van der Waals surface area contributed by atoms with Gasteiger partial charge in [0.05, 0.1) is 19.6 Å². The SMILES string of the molecule is CCNC(=NCc1ccc(C(=O)N2CCNC(=O)C2)cc1)NCC1Cc2ccccc2O1. The Morgan fingerprint density at radius 3 is 2.75 bits per heavy atom. The van der Waals surface area contributed by atoms with Crippen LogP contribution in [-0.2, 0) is 17.8 Å². The molecule has 3 N–H and O–H groups in total. The average Bonchev–Trinajstić information content (AvgIpc) is 3.24. The lowest BCUT2D eigenvalue weighted by Crippen LogP contribution is -2.49. The molecular formula is C24H29N5O3. The molecule has 32 heavy (non-hydrogen) atoms. The maximum atomic E-state index is 12.6. The number of hydrogen-bond acceptors (Lipinski definition) is 4. The molecule has 0 spiro atoms. The third-order valence-corrected chi connectivity index (χ3v) is 5.50. The molecule has 1 atom stereocenters. The number of nitrogens with zero attached hydrogens (tertiary/aromatic N) is 2. The van der Waals surface area contributed by atoms with Gasteiger partial charge in [0.1, 0.15) is 11.9 Å². The largest absolute Gasteiger partial charge is 0.488 e. The number of aliphatic imine (C=N–C) groups is 1. The molecule has 2 aromatic carbocycles. The van der Waals surface area contributed by atoms with Crippen LogP contribution in [0.25, 0.3) is 0 Å². The van der Waals surface area contributed by atoms with Gasteiger partial charge in [-0.15, -0.1) is 0 Å². The molecule has 2 aromatic rings. The Balaban J connectivity index is 1.31. The van der Waals surface area contributed by atoms with E-state index in [1.807, 2.05) is 37.3 Å². The van der Waals surface area contributed by atoms with Crippen molar-refractivity contribution in [3.63, 3.8) is 0 Å². The van der Waals surface area contributed by atoms with Crippen molar-refractivity contribution in [2.24, 2.45) is 4.99 Å².